The lowest BCUT2D eigenvalue weighted by Crippen LogP contribution is -2.34. The second-order valence-electron chi connectivity index (χ2n) is 4.09. The van der Waals surface area contributed by atoms with Gasteiger partial charge in [-0.05, 0) is 17.7 Å². The van der Waals surface area contributed by atoms with E-state index in [9.17, 15) is 15.0 Å². The first-order valence-corrected chi connectivity index (χ1v) is 5.98. The van der Waals surface area contributed by atoms with Gasteiger partial charge >= 0.3 is 0 Å². The fourth-order valence-corrected chi connectivity index (χ4v) is 1.51. The first-order chi connectivity index (χ1) is 9.04. The minimum atomic E-state index is -1.08. The molecule has 0 heterocycles. The van der Waals surface area contributed by atoms with Gasteiger partial charge in [0.2, 0.25) is 5.91 Å². The number of ether oxygens (including phenoxy) is 1. The molecular formula is C13H19NO5. The molecule has 1 rings (SSSR count). The maximum Gasteiger partial charge on any atom is 0.216 e. The van der Waals surface area contributed by atoms with Crippen molar-refractivity contribution in [3.05, 3.63) is 29.8 Å². The molecule has 0 saturated heterocycles. The van der Waals surface area contributed by atoms with Crippen molar-refractivity contribution in [3.63, 3.8) is 0 Å². The fourth-order valence-electron chi connectivity index (χ4n) is 1.51. The Balaban J connectivity index is 2.56. The molecule has 0 saturated carbocycles. The largest absolute Gasteiger partial charge is 0.491 e. The van der Waals surface area contributed by atoms with E-state index in [4.69, 9.17) is 9.84 Å². The molecule has 19 heavy (non-hydrogen) atoms. The normalized spacial score (nSPS) is 13.7. The van der Waals surface area contributed by atoms with Gasteiger partial charge in [-0.25, -0.2) is 0 Å². The first-order valence-electron chi connectivity index (χ1n) is 5.98. The van der Waals surface area contributed by atoms with Crippen molar-refractivity contribution in [2.75, 3.05) is 19.8 Å². The number of hydrogen-bond acceptors (Lipinski definition) is 5. The highest BCUT2D eigenvalue weighted by Crippen LogP contribution is 2.20. The molecule has 1 amide bonds. The van der Waals surface area contributed by atoms with Crippen LogP contribution in [-0.4, -0.2) is 47.1 Å². The quantitative estimate of drug-likeness (QED) is 0.539. The lowest BCUT2D eigenvalue weighted by Gasteiger charge is -2.18. The summed E-state index contributed by atoms with van der Waals surface area (Å²) in [6, 6.07) is 6.52. The summed E-state index contributed by atoms with van der Waals surface area (Å²) in [7, 11) is 0. The van der Waals surface area contributed by atoms with E-state index in [0.29, 0.717) is 11.3 Å². The maximum absolute atomic E-state index is 10.7. The lowest BCUT2D eigenvalue weighted by molar-refractivity contribution is -0.119. The second kappa shape index (κ2) is 7.73. The van der Waals surface area contributed by atoms with Gasteiger partial charge in [0.05, 0.1) is 6.61 Å². The predicted octanol–water partition coefficient (Wildman–Crippen LogP) is -0.412. The summed E-state index contributed by atoms with van der Waals surface area (Å²) >= 11 is 0. The Morgan fingerprint density at radius 3 is 2.47 bits per heavy atom. The zero-order valence-electron chi connectivity index (χ0n) is 10.7. The minimum absolute atomic E-state index is 0.0146. The molecule has 106 valence electrons. The smallest absolute Gasteiger partial charge is 0.216 e. The molecule has 0 aliphatic carbocycles. The Labute approximate surface area is 111 Å². The second-order valence-corrected chi connectivity index (χ2v) is 4.09. The zero-order chi connectivity index (χ0) is 14.3. The molecule has 0 aliphatic heterocycles. The average molecular weight is 269 g/mol. The number of benzene rings is 1. The van der Waals surface area contributed by atoms with Gasteiger partial charge in [-0.2, -0.15) is 0 Å². The van der Waals surface area contributed by atoms with Crippen molar-refractivity contribution < 1.29 is 24.9 Å². The van der Waals surface area contributed by atoms with Crippen LogP contribution in [0.1, 0.15) is 18.6 Å². The molecule has 4 N–H and O–H groups in total. The molecule has 0 radical (unpaired) electrons. The van der Waals surface area contributed by atoms with Gasteiger partial charge in [-0.3, -0.25) is 4.79 Å². The van der Waals surface area contributed by atoms with E-state index in [0.717, 1.165) is 0 Å². The number of aliphatic hydroxyl groups is 3. The van der Waals surface area contributed by atoms with Crippen molar-refractivity contribution in [1.82, 2.24) is 5.32 Å². The molecule has 1 aromatic carbocycles. The van der Waals surface area contributed by atoms with E-state index in [2.05, 4.69) is 5.32 Å². The van der Waals surface area contributed by atoms with Crippen LogP contribution in [0.2, 0.25) is 0 Å². The zero-order valence-corrected chi connectivity index (χ0v) is 10.7. The molecule has 0 bridgehead atoms. The topological polar surface area (TPSA) is 99.0 Å². The van der Waals surface area contributed by atoms with Crippen LogP contribution in [0.3, 0.4) is 0 Å². The predicted molar refractivity (Wildman–Crippen MR) is 68.7 cm³/mol. The van der Waals surface area contributed by atoms with E-state index < -0.39 is 12.2 Å². The molecule has 6 heteroatoms. The summed E-state index contributed by atoms with van der Waals surface area (Å²) in [5.74, 6) is 0.306. The number of carbonyl (C=O) groups excluding carboxylic acids is 1. The van der Waals surface area contributed by atoms with Gasteiger partial charge in [0.1, 0.15) is 24.6 Å². The van der Waals surface area contributed by atoms with Crippen molar-refractivity contribution >= 4 is 5.91 Å². The molecule has 2 atom stereocenters. The van der Waals surface area contributed by atoms with Crippen LogP contribution in [0.25, 0.3) is 0 Å². The van der Waals surface area contributed by atoms with Crippen LogP contribution < -0.4 is 10.1 Å². The van der Waals surface area contributed by atoms with Crippen molar-refractivity contribution in [2.45, 2.75) is 19.1 Å². The Morgan fingerprint density at radius 2 is 1.95 bits per heavy atom. The van der Waals surface area contributed by atoms with Crippen LogP contribution >= 0.6 is 0 Å². The van der Waals surface area contributed by atoms with E-state index in [-0.39, 0.29) is 25.7 Å². The number of nitrogens with one attached hydrogen (secondary N) is 1. The summed E-state index contributed by atoms with van der Waals surface area (Å²) in [6.45, 7) is 1.46. The summed E-state index contributed by atoms with van der Waals surface area (Å²) in [6.07, 6.45) is -2.16. The molecule has 0 spiro atoms. The molecule has 1 aromatic rings. The van der Waals surface area contributed by atoms with Crippen molar-refractivity contribution in [2.24, 2.45) is 0 Å². The van der Waals surface area contributed by atoms with E-state index >= 15 is 0 Å². The molecule has 0 fully saturated rings. The molecule has 6 nitrogen and oxygen atoms in total. The van der Waals surface area contributed by atoms with Gasteiger partial charge in [0.15, 0.2) is 0 Å². The van der Waals surface area contributed by atoms with Crippen LogP contribution in [0.15, 0.2) is 24.3 Å². The number of amides is 1. The Morgan fingerprint density at radius 1 is 1.32 bits per heavy atom. The fraction of sp³-hybridized carbons (Fsp3) is 0.462. The number of rotatable bonds is 7. The third-order valence-electron chi connectivity index (χ3n) is 2.51. The highest BCUT2D eigenvalue weighted by molar-refractivity contribution is 5.72. The van der Waals surface area contributed by atoms with Gasteiger partial charge in [-0.1, -0.05) is 12.1 Å². The molecular weight excluding hydrogens is 250 g/mol. The van der Waals surface area contributed by atoms with Gasteiger partial charge in [-0.15, -0.1) is 0 Å². The summed E-state index contributed by atoms with van der Waals surface area (Å²) < 4.78 is 5.18. The van der Waals surface area contributed by atoms with Crippen molar-refractivity contribution in [3.8, 4) is 5.75 Å². The van der Waals surface area contributed by atoms with Crippen molar-refractivity contribution in [1.29, 1.82) is 0 Å². The monoisotopic (exact) mass is 269 g/mol. The van der Waals surface area contributed by atoms with Crippen LogP contribution in [-0.2, 0) is 4.79 Å². The summed E-state index contributed by atoms with van der Waals surface area (Å²) in [5.41, 5.74) is 0.522. The lowest BCUT2D eigenvalue weighted by atomic mass is 10.0. The maximum atomic E-state index is 10.7. The Hall–Kier alpha value is -1.63. The number of carbonyl (C=O) groups is 1. The highest BCUT2D eigenvalue weighted by Gasteiger charge is 2.18. The minimum Gasteiger partial charge on any atom is -0.491 e. The Bertz CT molecular complexity index is 393. The van der Waals surface area contributed by atoms with E-state index in [1.165, 1.54) is 6.92 Å². The van der Waals surface area contributed by atoms with Crippen LogP contribution in [0, 0.1) is 0 Å². The summed E-state index contributed by atoms with van der Waals surface area (Å²) in [4.78, 5) is 10.7. The van der Waals surface area contributed by atoms with Gasteiger partial charge in [0, 0.05) is 13.5 Å². The highest BCUT2D eigenvalue weighted by atomic mass is 16.5. The summed E-state index contributed by atoms with van der Waals surface area (Å²) in [5, 5.41) is 30.6. The van der Waals surface area contributed by atoms with E-state index in [1.54, 1.807) is 24.3 Å². The average Bonchev–Trinajstić information content (AvgIpc) is 2.42. The first kappa shape index (κ1) is 15.4. The molecule has 0 aliphatic rings. The Kier molecular flexibility index (Phi) is 6.27. The standard InChI is InChI=1S/C13H19NO5/c1-9(16)14-8-12(17)13(18)10-2-4-11(5-3-10)19-7-6-15/h2-5,12-13,15,17-18H,6-8H2,1H3,(H,14,16). The molecule has 2 unspecified atom stereocenters. The van der Waals surface area contributed by atoms with Crippen LogP contribution in [0.5, 0.6) is 5.75 Å². The van der Waals surface area contributed by atoms with Gasteiger partial charge < -0.3 is 25.4 Å². The number of hydrogen-bond donors (Lipinski definition) is 4. The molecule has 0 aromatic heterocycles. The third kappa shape index (κ3) is 5.25. The van der Waals surface area contributed by atoms with E-state index in [1.807, 2.05) is 0 Å². The van der Waals surface area contributed by atoms with Gasteiger partial charge in [0.25, 0.3) is 0 Å². The third-order valence-corrected chi connectivity index (χ3v) is 2.51. The number of aliphatic hydroxyl groups excluding tert-OH is 3. The van der Waals surface area contributed by atoms with Crippen LogP contribution in [0.4, 0.5) is 0 Å². The SMILES string of the molecule is CC(=O)NCC(O)C(O)c1ccc(OCCO)cc1.